The Bertz CT molecular complexity index is 1050. The quantitative estimate of drug-likeness (QED) is 0.722. The van der Waals surface area contributed by atoms with Gasteiger partial charge in [-0.3, -0.25) is 9.89 Å². The maximum Gasteiger partial charge on any atom is 0.246 e. The van der Waals surface area contributed by atoms with Crippen molar-refractivity contribution in [1.29, 1.82) is 0 Å². The van der Waals surface area contributed by atoms with Gasteiger partial charge in [-0.25, -0.2) is 8.42 Å². The van der Waals surface area contributed by atoms with Crippen LogP contribution in [0.5, 0.6) is 0 Å². The van der Waals surface area contributed by atoms with E-state index < -0.39 is 15.4 Å². The third-order valence-electron chi connectivity index (χ3n) is 6.59. The Labute approximate surface area is 184 Å². The van der Waals surface area contributed by atoms with Crippen molar-refractivity contribution >= 4 is 15.9 Å². The molecular formula is C23H30N4O3S. The van der Waals surface area contributed by atoms with Crippen LogP contribution in [-0.4, -0.2) is 59.9 Å². The molecule has 1 amide bonds. The molecule has 1 fully saturated rings. The van der Waals surface area contributed by atoms with E-state index in [9.17, 15) is 13.2 Å². The third kappa shape index (κ3) is 4.19. The second kappa shape index (κ2) is 8.59. The average molecular weight is 443 g/mol. The molecule has 1 saturated heterocycles. The lowest BCUT2D eigenvalue weighted by molar-refractivity contribution is -0.143. The fraction of sp³-hybridized carbons (Fsp3) is 0.478. The number of carbonyl (C=O) groups is 1. The first-order valence-electron chi connectivity index (χ1n) is 10.8. The zero-order chi connectivity index (χ0) is 22.1. The number of nitrogens with zero attached hydrogens (tertiary/aromatic N) is 3. The number of aromatic nitrogens is 2. The molecular weight excluding hydrogens is 412 g/mol. The van der Waals surface area contributed by atoms with Gasteiger partial charge in [-0.2, -0.15) is 9.40 Å². The van der Waals surface area contributed by atoms with Crippen LogP contribution in [0.2, 0.25) is 0 Å². The summed E-state index contributed by atoms with van der Waals surface area (Å²) >= 11 is 0. The first-order valence-corrected chi connectivity index (χ1v) is 12.3. The highest BCUT2D eigenvalue weighted by Crippen LogP contribution is 2.40. The van der Waals surface area contributed by atoms with Crippen LogP contribution in [0.4, 0.5) is 0 Å². The standard InChI is InChI=1S/C23H30N4O3S/c1-18-21(19(2)25-24-18)31(29,30)27-16-12-23(13-17-27)11-6-7-14-26(22(23)28)15-10-20-8-4-3-5-9-20/h3-9H,10-17H2,1-2H3,(H,24,25). The van der Waals surface area contributed by atoms with Crippen LogP contribution in [0.3, 0.4) is 0 Å². The summed E-state index contributed by atoms with van der Waals surface area (Å²) in [5.41, 5.74) is 1.73. The monoisotopic (exact) mass is 442 g/mol. The molecule has 0 aliphatic carbocycles. The smallest absolute Gasteiger partial charge is 0.246 e. The minimum atomic E-state index is -3.63. The Hall–Kier alpha value is -2.45. The molecule has 166 valence electrons. The molecule has 2 aliphatic rings. The van der Waals surface area contributed by atoms with Crippen LogP contribution < -0.4 is 0 Å². The number of H-pyrrole nitrogens is 1. The largest absolute Gasteiger partial charge is 0.338 e. The van der Waals surface area contributed by atoms with Crippen molar-refractivity contribution in [1.82, 2.24) is 19.4 Å². The van der Waals surface area contributed by atoms with Crippen LogP contribution in [0.25, 0.3) is 0 Å². The molecule has 3 heterocycles. The van der Waals surface area contributed by atoms with E-state index in [-0.39, 0.29) is 10.8 Å². The zero-order valence-corrected chi connectivity index (χ0v) is 19.0. The molecule has 1 aromatic carbocycles. The number of piperidine rings is 1. The maximum absolute atomic E-state index is 13.5. The van der Waals surface area contributed by atoms with Crippen LogP contribution in [0, 0.1) is 19.3 Å². The normalized spacial score (nSPS) is 19.7. The van der Waals surface area contributed by atoms with Gasteiger partial charge in [-0.15, -0.1) is 0 Å². The molecule has 0 bridgehead atoms. The van der Waals surface area contributed by atoms with E-state index in [0.717, 1.165) is 6.42 Å². The molecule has 2 aromatic rings. The first-order chi connectivity index (χ1) is 14.8. The second-order valence-electron chi connectivity index (χ2n) is 8.61. The highest BCUT2D eigenvalue weighted by molar-refractivity contribution is 7.89. The van der Waals surface area contributed by atoms with Gasteiger partial charge in [0.2, 0.25) is 15.9 Å². The SMILES string of the molecule is Cc1n[nH]c(C)c1S(=O)(=O)N1CCC2(CC=CCN(CCc3ccccc3)C2=O)CC1. The van der Waals surface area contributed by atoms with Crippen molar-refractivity contribution in [2.45, 2.75) is 44.4 Å². The fourth-order valence-electron chi connectivity index (χ4n) is 4.74. The van der Waals surface area contributed by atoms with E-state index in [4.69, 9.17) is 0 Å². The molecule has 1 aromatic heterocycles. The molecule has 1 spiro atoms. The molecule has 0 saturated carbocycles. The van der Waals surface area contributed by atoms with Crippen LogP contribution in [0.15, 0.2) is 47.4 Å². The first kappa shape index (κ1) is 21.8. The van der Waals surface area contributed by atoms with Crippen molar-refractivity contribution in [2.75, 3.05) is 26.2 Å². The van der Waals surface area contributed by atoms with Crippen molar-refractivity contribution < 1.29 is 13.2 Å². The van der Waals surface area contributed by atoms with Gasteiger partial charge in [0.1, 0.15) is 4.90 Å². The average Bonchev–Trinajstić information content (AvgIpc) is 3.04. The van der Waals surface area contributed by atoms with Crippen LogP contribution in [-0.2, 0) is 21.2 Å². The number of aromatic amines is 1. The Balaban J connectivity index is 1.47. The lowest BCUT2D eigenvalue weighted by Gasteiger charge is -2.41. The topological polar surface area (TPSA) is 86.4 Å². The molecule has 4 rings (SSSR count). The zero-order valence-electron chi connectivity index (χ0n) is 18.2. The Kier molecular flexibility index (Phi) is 6.03. The van der Waals surface area contributed by atoms with Crippen LogP contribution >= 0.6 is 0 Å². The van der Waals surface area contributed by atoms with Crippen molar-refractivity contribution in [3.63, 3.8) is 0 Å². The lowest BCUT2D eigenvalue weighted by Crippen LogP contribution is -2.51. The van der Waals surface area contributed by atoms with E-state index in [1.165, 1.54) is 9.87 Å². The van der Waals surface area contributed by atoms with Crippen LogP contribution in [0.1, 0.15) is 36.2 Å². The van der Waals surface area contributed by atoms with Crippen molar-refractivity contribution in [3.8, 4) is 0 Å². The number of hydrogen-bond acceptors (Lipinski definition) is 4. The third-order valence-corrected chi connectivity index (χ3v) is 8.76. The van der Waals surface area contributed by atoms with Gasteiger partial charge in [-0.05, 0) is 45.1 Å². The summed E-state index contributed by atoms with van der Waals surface area (Å²) in [5, 5.41) is 6.80. The minimum absolute atomic E-state index is 0.154. The summed E-state index contributed by atoms with van der Waals surface area (Å²) in [4.78, 5) is 15.7. The summed E-state index contributed by atoms with van der Waals surface area (Å²) in [5.74, 6) is 0.154. The van der Waals surface area contributed by atoms with Gasteiger partial charge >= 0.3 is 0 Å². The van der Waals surface area contributed by atoms with Gasteiger partial charge in [0.15, 0.2) is 0 Å². The summed E-state index contributed by atoms with van der Waals surface area (Å²) < 4.78 is 27.9. The number of sulfonamides is 1. The number of nitrogens with one attached hydrogen (secondary N) is 1. The molecule has 0 radical (unpaired) electrons. The molecule has 2 aliphatic heterocycles. The number of hydrogen-bond donors (Lipinski definition) is 1. The summed E-state index contributed by atoms with van der Waals surface area (Å²) in [6, 6.07) is 10.2. The lowest BCUT2D eigenvalue weighted by atomic mass is 9.75. The number of rotatable bonds is 5. The number of carbonyl (C=O) groups excluding carboxylic acids is 1. The van der Waals surface area contributed by atoms with Crippen molar-refractivity contribution in [2.24, 2.45) is 5.41 Å². The molecule has 0 atom stereocenters. The van der Waals surface area contributed by atoms with Crippen molar-refractivity contribution in [3.05, 3.63) is 59.4 Å². The van der Waals surface area contributed by atoms with E-state index in [1.54, 1.807) is 13.8 Å². The Morgan fingerprint density at radius 3 is 2.45 bits per heavy atom. The van der Waals surface area contributed by atoms with Gasteiger partial charge < -0.3 is 4.90 Å². The van der Waals surface area contributed by atoms with E-state index >= 15 is 0 Å². The van der Waals surface area contributed by atoms with Gasteiger partial charge in [0.05, 0.1) is 16.8 Å². The minimum Gasteiger partial charge on any atom is -0.338 e. The van der Waals surface area contributed by atoms with E-state index in [0.29, 0.717) is 56.8 Å². The van der Waals surface area contributed by atoms with E-state index in [1.807, 2.05) is 23.1 Å². The van der Waals surface area contributed by atoms with Gasteiger partial charge in [-0.1, -0.05) is 42.5 Å². The number of benzene rings is 1. The summed E-state index contributed by atoms with van der Waals surface area (Å²) in [6.07, 6.45) is 6.72. The Morgan fingerprint density at radius 2 is 1.81 bits per heavy atom. The maximum atomic E-state index is 13.5. The Morgan fingerprint density at radius 1 is 1.10 bits per heavy atom. The number of aryl methyl sites for hydroxylation is 2. The molecule has 31 heavy (non-hydrogen) atoms. The molecule has 1 N–H and O–H groups in total. The molecule has 7 nitrogen and oxygen atoms in total. The van der Waals surface area contributed by atoms with Gasteiger partial charge in [0.25, 0.3) is 0 Å². The summed E-state index contributed by atoms with van der Waals surface area (Å²) in [6.45, 7) is 5.40. The molecule has 8 heteroatoms. The number of amides is 1. The van der Waals surface area contributed by atoms with Gasteiger partial charge in [0, 0.05) is 26.2 Å². The molecule has 0 unspecified atom stereocenters. The second-order valence-corrected chi connectivity index (χ2v) is 10.5. The predicted molar refractivity (Wildman–Crippen MR) is 119 cm³/mol. The highest BCUT2D eigenvalue weighted by atomic mass is 32.2. The predicted octanol–water partition coefficient (Wildman–Crippen LogP) is 2.83. The van der Waals surface area contributed by atoms with E-state index in [2.05, 4.69) is 34.5 Å². The highest BCUT2D eigenvalue weighted by Gasteiger charge is 2.46. The summed E-state index contributed by atoms with van der Waals surface area (Å²) in [7, 11) is -3.63. The fourth-order valence-corrected chi connectivity index (χ4v) is 6.51. The number of allylic oxidation sites excluding steroid dienone is 1.